The highest BCUT2D eigenvalue weighted by Gasteiger charge is 2.22. The normalized spacial score (nSPS) is 14.6. The highest BCUT2D eigenvalue weighted by atomic mass is 19.1. The van der Waals surface area contributed by atoms with Crippen LogP contribution in [-0.2, 0) is 4.79 Å². The number of hydrogen-bond donors (Lipinski definition) is 0. The van der Waals surface area contributed by atoms with Gasteiger partial charge in [-0.3, -0.25) is 4.79 Å². The molecule has 2 heterocycles. The third-order valence-corrected chi connectivity index (χ3v) is 3.90. The monoisotopic (exact) mass is 330 g/mol. The van der Waals surface area contributed by atoms with E-state index in [1.807, 2.05) is 19.1 Å². The summed E-state index contributed by atoms with van der Waals surface area (Å²) < 4.78 is 18.4. The molecule has 2 aromatic rings. The highest BCUT2D eigenvalue weighted by Crippen LogP contribution is 2.14. The van der Waals surface area contributed by atoms with Crippen LogP contribution in [0.1, 0.15) is 5.69 Å². The maximum atomic E-state index is 13.1. The standard InChI is InChI=1S/C17H19FN4O2/c1-13-5-6-16(20-19-13)21-7-9-22(10-8-21)17(23)12-24-15-4-2-3-14(18)11-15/h2-6,11H,7-10,12H2,1H3. The average Bonchev–Trinajstić information content (AvgIpc) is 2.61. The van der Waals surface area contributed by atoms with Gasteiger partial charge in [-0.25, -0.2) is 4.39 Å². The number of amides is 1. The van der Waals surface area contributed by atoms with Crippen molar-refractivity contribution in [3.05, 3.63) is 47.9 Å². The Kier molecular flexibility index (Phi) is 4.88. The van der Waals surface area contributed by atoms with Gasteiger partial charge in [0.05, 0.1) is 5.69 Å². The van der Waals surface area contributed by atoms with Crippen molar-refractivity contribution in [1.29, 1.82) is 0 Å². The fraction of sp³-hybridized carbons (Fsp3) is 0.353. The van der Waals surface area contributed by atoms with Crippen LogP contribution in [0.15, 0.2) is 36.4 Å². The first kappa shape index (κ1) is 16.2. The molecule has 0 atom stereocenters. The smallest absolute Gasteiger partial charge is 0.260 e. The highest BCUT2D eigenvalue weighted by molar-refractivity contribution is 5.78. The SMILES string of the molecule is Cc1ccc(N2CCN(C(=O)COc3cccc(F)c3)CC2)nn1. The third kappa shape index (κ3) is 3.98. The molecule has 1 aromatic heterocycles. The average molecular weight is 330 g/mol. The van der Waals surface area contributed by atoms with Crippen LogP contribution in [0, 0.1) is 12.7 Å². The van der Waals surface area contributed by atoms with Gasteiger partial charge in [-0.1, -0.05) is 6.07 Å². The largest absolute Gasteiger partial charge is 0.484 e. The molecule has 7 heteroatoms. The van der Waals surface area contributed by atoms with Gasteiger partial charge in [0.1, 0.15) is 11.6 Å². The first-order valence-corrected chi connectivity index (χ1v) is 7.83. The Balaban J connectivity index is 1.49. The summed E-state index contributed by atoms with van der Waals surface area (Å²) in [6.45, 7) is 4.40. The lowest BCUT2D eigenvalue weighted by Gasteiger charge is -2.35. The first-order valence-electron chi connectivity index (χ1n) is 7.83. The molecule has 0 spiro atoms. The minimum atomic E-state index is -0.382. The third-order valence-electron chi connectivity index (χ3n) is 3.90. The Labute approximate surface area is 139 Å². The molecule has 1 saturated heterocycles. The molecule has 0 aliphatic carbocycles. The lowest BCUT2D eigenvalue weighted by atomic mass is 10.3. The van der Waals surface area contributed by atoms with E-state index in [9.17, 15) is 9.18 Å². The molecule has 0 radical (unpaired) electrons. The van der Waals surface area contributed by atoms with Crippen LogP contribution in [0.5, 0.6) is 5.75 Å². The Bertz CT molecular complexity index is 700. The van der Waals surface area contributed by atoms with Crippen molar-refractivity contribution in [2.75, 3.05) is 37.7 Å². The number of aryl methyl sites for hydroxylation is 1. The summed E-state index contributed by atoms with van der Waals surface area (Å²) in [7, 11) is 0. The van der Waals surface area contributed by atoms with Gasteiger partial charge in [-0.05, 0) is 31.2 Å². The van der Waals surface area contributed by atoms with Crippen LogP contribution in [0.2, 0.25) is 0 Å². The predicted octanol–water partition coefficient (Wildman–Crippen LogP) is 1.65. The van der Waals surface area contributed by atoms with Crippen molar-refractivity contribution in [2.45, 2.75) is 6.92 Å². The zero-order valence-corrected chi connectivity index (χ0v) is 13.5. The molecule has 0 unspecified atom stereocenters. The second-order valence-electron chi connectivity index (χ2n) is 5.65. The number of anilines is 1. The zero-order chi connectivity index (χ0) is 16.9. The van der Waals surface area contributed by atoms with Crippen molar-refractivity contribution in [1.82, 2.24) is 15.1 Å². The Morgan fingerprint density at radius 1 is 1.17 bits per heavy atom. The van der Waals surface area contributed by atoms with Crippen LogP contribution >= 0.6 is 0 Å². The lowest BCUT2D eigenvalue weighted by molar-refractivity contribution is -0.133. The Hall–Kier alpha value is -2.70. The fourth-order valence-electron chi connectivity index (χ4n) is 2.54. The van der Waals surface area contributed by atoms with E-state index < -0.39 is 0 Å². The van der Waals surface area contributed by atoms with Gasteiger partial charge in [-0.2, -0.15) is 5.10 Å². The van der Waals surface area contributed by atoms with E-state index in [0.29, 0.717) is 31.9 Å². The molecule has 6 nitrogen and oxygen atoms in total. The van der Waals surface area contributed by atoms with E-state index in [4.69, 9.17) is 4.74 Å². The van der Waals surface area contributed by atoms with E-state index in [1.54, 1.807) is 17.0 Å². The molecular weight excluding hydrogens is 311 g/mol. The maximum absolute atomic E-state index is 13.1. The van der Waals surface area contributed by atoms with Gasteiger partial charge in [-0.15, -0.1) is 5.10 Å². The molecule has 1 aliphatic rings. The van der Waals surface area contributed by atoms with Crippen molar-refractivity contribution in [2.24, 2.45) is 0 Å². The number of benzene rings is 1. The molecule has 0 N–H and O–H groups in total. The molecule has 1 fully saturated rings. The summed E-state index contributed by atoms with van der Waals surface area (Å²) in [4.78, 5) is 16.1. The zero-order valence-electron chi connectivity index (χ0n) is 13.5. The molecule has 24 heavy (non-hydrogen) atoms. The van der Waals surface area contributed by atoms with Gasteiger partial charge in [0.25, 0.3) is 5.91 Å². The Morgan fingerprint density at radius 3 is 2.62 bits per heavy atom. The number of aromatic nitrogens is 2. The van der Waals surface area contributed by atoms with Gasteiger partial charge in [0, 0.05) is 32.2 Å². The lowest BCUT2D eigenvalue weighted by Crippen LogP contribution is -2.50. The van der Waals surface area contributed by atoms with Gasteiger partial charge in [0.15, 0.2) is 12.4 Å². The van der Waals surface area contributed by atoms with Crippen LogP contribution in [0.4, 0.5) is 10.2 Å². The maximum Gasteiger partial charge on any atom is 0.260 e. The molecular formula is C17H19FN4O2. The first-order chi connectivity index (χ1) is 11.6. The quantitative estimate of drug-likeness (QED) is 0.853. The summed E-state index contributed by atoms with van der Waals surface area (Å²) in [5, 5.41) is 8.22. The number of ether oxygens (including phenoxy) is 1. The van der Waals surface area contributed by atoms with E-state index in [-0.39, 0.29) is 18.3 Å². The van der Waals surface area contributed by atoms with Gasteiger partial charge < -0.3 is 14.5 Å². The van der Waals surface area contributed by atoms with Gasteiger partial charge in [0.2, 0.25) is 0 Å². The number of nitrogens with zero attached hydrogens (tertiary/aromatic N) is 4. The van der Waals surface area contributed by atoms with Crippen LogP contribution in [0.25, 0.3) is 0 Å². The number of rotatable bonds is 4. The Morgan fingerprint density at radius 2 is 1.96 bits per heavy atom. The number of piperazine rings is 1. The summed E-state index contributed by atoms with van der Waals surface area (Å²) >= 11 is 0. The van der Waals surface area contributed by atoms with Crippen molar-refractivity contribution in [3.63, 3.8) is 0 Å². The minimum Gasteiger partial charge on any atom is -0.484 e. The van der Waals surface area contributed by atoms with E-state index in [2.05, 4.69) is 15.1 Å². The van der Waals surface area contributed by atoms with E-state index in [0.717, 1.165) is 11.5 Å². The molecule has 1 amide bonds. The predicted molar refractivity (Wildman–Crippen MR) is 87.5 cm³/mol. The molecule has 1 aromatic carbocycles. The molecule has 0 bridgehead atoms. The minimum absolute atomic E-state index is 0.0895. The fourth-order valence-corrected chi connectivity index (χ4v) is 2.54. The van der Waals surface area contributed by atoms with E-state index in [1.165, 1.54) is 12.1 Å². The molecule has 1 aliphatic heterocycles. The van der Waals surface area contributed by atoms with Crippen molar-refractivity contribution >= 4 is 11.7 Å². The summed E-state index contributed by atoms with van der Waals surface area (Å²) in [6, 6.07) is 9.64. The molecule has 3 rings (SSSR count). The van der Waals surface area contributed by atoms with Gasteiger partial charge >= 0.3 is 0 Å². The number of halogens is 1. The van der Waals surface area contributed by atoms with E-state index >= 15 is 0 Å². The number of carbonyl (C=O) groups is 1. The molecule has 126 valence electrons. The summed E-state index contributed by atoms with van der Waals surface area (Å²) in [6.07, 6.45) is 0. The van der Waals surface area contributed by atoms with Crippen LogP contribution < -0.4 is 9.64 Å². The van der Waals surface area contributed by atoms with Crippen LogP contribution in [0.3, 0.4) is 0 Å². The molecule has 0 saturated carbocycles. The topological polar surface area (TPSA) is 58.6 Å². The second kappa shape index (κ2) is 7.25. The van der Waals surface area contributed by atoms with Crippen molar-refractivity contribution in [3.8, 4) is 5.75 Å². The number of carbonyl (C=O) groups excluding carboxylic acids is 1. The summed E-state index contributed by atoms with van der Waals surface area (Å²) in [5.41, 5.74) is 0.877. The second-order valence-corrected chi connectivity index (χ2v) is 5.65. The number of hydrogen-bond acceptors (Lipinski definition) is 5. The van der Waals surface area contributed by atoms with Crippen LogP contribution in [-0.4, -0.2) is 53.8 Å². The van der Waals surface area contributed by atoms with Crippen molar-refractivity contribution < 1.29 is 13.9 Å². The summed E-state index contributed by atoms with van der Waals surface area (Å²) in [5.74, 6) is 0.697.